The van der Waals surface area contributed by atoms with Gasteiger partial charge in [0.05, 0.1) is 18.1 Å². The smallest absolute Gasteiger partial charge is 0.312 e. The standard InChI is InChI=1S/C34H48N2O6/c1-6-9-14-22-41-32(40)28-27-30(38)36(20-12-10-11-13-21-37)29(34(27)18-17-33(28,8-3)42-34)31(39)35(19-7-2)26-23-24(4)15-16-25(26)5/h6-7,15-16,23,27-29,37H,1-2,8-14,17-22H2,3-5H3/t27-,28+,29?,33-,34?/m0/s1. The van der Waals surface area contributed by atoms with E-state index in [2.05, 4.69) is 13.2 Å². The molecule has 2 unspecified atom stereocenters. The summed E-state index contributed by atoms with van der Waals surface area (Å²) in [6, 6.07) is 5.14. The van der Waals surface area contributed by atoms with Crippen LogP contribution in [0.4, 0.5) is 5.69 Å². The second kappa shape index (κ2) is 13.6. The number of carbonyl (C=O) groups is 3. The van der Waals surface area contributed by atoms with Crippen molar-refractivity contribution in [2.75, 3.05) is 31.2 Å². The molecule has 3 aliphatic rings. The van der Waals surface area contributed by atoms with E-state index < -0.39 is 35.0 Å². The molecule has 0 saturated carbocycles. The Hall–Kier alpha value is -2.97. The number of hydrogen-bond donors (Lipinski definition) is 1. The van der Waals surface area contributed by atoms with Crippen LogP contribution in [0.5, 0.6) is 0 Å². The molecule has 0 aromatic heterocycles. The first-order valence-electron chi connectivity index (χ1n) is 15.6. The van der Waals surface area contributed by atoms with Crippen LogP contribution in [0.3, 0.4) is 0 Å². The van der Waals surface area contributed by atoms with Crippen molar-refractivity contribution in [1.29, 1.82) is 0 Å². The lowest BCUT2D eigenvalue weighted by molar-refractivity contribution is -0.161. The van der Waals surface area contributed by atoms with Gasteiger partial charge in [0.25, 0.3) is 5.91 Å². The van der Waals surface area contributed by atoms with Gasteiger partial charge >= 0.3 is 5.97 Å². The van der Waals surface area contributed by atoms with Gasteiger partial charge in [0.15, 0.2) is 0 Å². The van der Waals surface area contributed by atoms with E-state index in [4.69, 9.17) is 9.47 Å². The predicted molar refractivity (Wildman–Crippen MR) is 163 cm³/mol. The Morgan fingerprint density at radius 2 is 1.90 bits per heavy atom. The van der Waals surface area contributed by atoms with Gasteiger partial charge in [-0.3, -0.25) is 14.4 Å². The lowest BCUT2D eigenvalue weighted by Gasteiger charge is -2.37. The fraction of sp³-hybridized carbons (Fsp3) is 0.618. The number of hydrogen-bond acceptors (Lipinski definition) is 6. The second-order valence-corrected chi connectivity index (χ2v) is 12.1. The largest absolute Gasteiger partial charge is 0.465 e. The molecule has 2 amide bonds. The lowest BCUT2D eigenvalue weighted by atomic mass is 9.65. The monoisotopic (exact) mass is 580 g/mol. The van der Waals surface area contributed by atoms with Crippen LogP contribution in [0.2, 0.25) is 0 Å². The first-order valence-corrected chi connectivity index (χ1v) is 15.6. The van der Waals surface area contributed by atoms with Crippen molar-refractivity contribution in [3.8, 4) is 0 Å². The number of ether oxygens (including phenoxy) is 2. The summed E-state index contributed by atoms with van der Waals surface area (Å²) < 4.78 is 12.6. The number of rotatable bonds is 16. The highest BCUT2D eigenvalue weighted by Crippen LogP contribution is 2.64. The summed E-state index contributed by atoms with van der Waals surface area (Å²) in [7, 11) is 0. The van der Waals surface area contributed by atoms with Crippen LogP contribution >= 0.6 is 0 Å². The van der Waals surface area contributed by atoms with Gasteiger partial charge in [-0.2, -0.15) is 0 Å². The molecule has 1 spiro atoms. The van der Waals surface area contributed by atoms with E-state index in [9.17, 15) is 19.5 Å². The number of aryl methyl sites for hydroxylation is 2. The Kier molecular flexibility index (Phi) is 10.3. The third-order valence-corrected chi connectivity index (χ3v) is 9.51. The average molecular weight is 581 g/mol. The van der Waals surface area contributed by atoms with E-state index in [0.29, 0.717) is 45.1 Å². The van der Waals surface area contributed by atoms with Crippen LogP contribution in [0.1, 0.15) is 75.8 Å². The predicted octanol–water partition coefficient (Wildman–Crippen LogP) is 5.04. The zero-order chi connectivity index (χ0) is 30.5. The van der Waals surface area contributed by atoms with Crippen LogP contribution in [0, 0.1) is 25.7 Å². The molecule has 8 nitrogen and oxygen atoms in total. The average Bonchev–Trinajstić information content (AvgIpc) is 3.58. The molecular formula is C34H48N2O6. The molecule has 0 aliphatic carbocycles. The Morgan fingerprint density at radius 3 is 2.60 bits per heavy atom. The number of allylic oxidation sites excluding steroid dienone is 1. The minimum atomic E-state index is -1.10. The molecule has 1 aromatic rings. The van der Waals surface area contributed by atoms with Gasteiger partial charge in [0.2, 0.25) is 5.91 Å². The number of benzene rings is 1. The molecule has 42 heavy (non-hydrogen) atoms. The number of esters is 1. The molecule has 5 atom stereocenters. The number of anilines is 1. The number of likely N-dealkylation sites (tertiary alicyclic amines) is 1. The third kappa shape index (κ3) is 5.68. The number of fused-ring (bicyclic) bond motifs is 1. The fourth-order valence-corrected chi connectivity index (χ4v) is 7.43. The Labute approximate surface area is 250 Å². The molecule has 3 aliphatic heterocycles. The first kappa shape index (κ1) is 32.0. The van der Waals surface area contributed by atoms with E-state index in [1.807, 2.05) is 39.0 Å². The molecule has 4 rings (SSSR count). The van der Waals surface area contributed by atoms with Gasteiger partial charge in [-0.15, -0.1) is 13.2 Å². The Bertz CT molecular complexity index is 1180. The summed E-state index contributed by atoms with van der Waals surface area (Å²) in [4.78, 5) is 46.2. The molecule has 3 saturated heterocycles. The van der Waals surface area contributed by atoms with E-state index in [-0.39, 0.29) is 31.6 Å². The van der Waals surface area contributed by atoms with E-state index in [1.165, 1.54) is 0 Å². The highest BCUT2D eigenvalue weighted by molar-refractivity contribution is 6.05. The topological polar surface area (TPSA) is 96.4 Å². The summed E-state index contributed by atoms with van der Waals surface area (Å²) in [6.45, 7) is 14.7. The van der Waals surface area contributed by atoms with Gasteiger partial charge in [-0.25, -0.2) is 0 Å². The van der Waals surface area contributed by atoms with Crippen LogP contribution in [0.15, 0.2) is 43.5 Å². The highest BCUT2D eigenvalue weighted by atomic mass is 16.6. The molecule has 8 heteroatoms. The summed E-state index contributed by atoms with van der Waals surface area (Å²) in [6.07, 6.45) is 9.63. The second-order valence-electron chi connectivity index (χ2n) is 12.1. The van der Waals surface area contributed by atoms with Gasteiger partial charge in [0.1, 0.15) is 17.6 Å². The molecule has 3 fully saturated rings. The maximum absolute atomic E-state index is 14.8. The number of aliphatic hydroxyl groups excluding tert-OH is 1. The first-order chi connectivity index (χ1) is 20.2. The van der Waals surface area contributed by atoms with Crippen molar-refractivity contribution in [2.45, 2.75) is 95.8 Å². The van der Waals surface area contributed by atoms with Gasteiger partial charge in [-0.1, -0.05) is 44.1 Å². The molecule has 230 valence electrons. The van der Waals surface area contributed by atoms with Crippen molar-refractivity contribution >= 4 is 23.5 Å². The quantitative estimate of drug-likeness (QED) is 0.167. The zero-order valence-corrected chi connectivity index (χ0v) is 25.6. The zero-order valence-electron chi connectivity index (χ0n) is 25.6. The number of nitrogens with zero attached hydrogens (tertiary/aromatic N) is 2. The van der Waals surface area contributed by atoms with Crippen LogP contribution in [-0.2, 0) is 23.9 Å². The maximum atomic E-state index is 14.8. The Morgan fingerprint density at radius 1 is 1.14 bits per heavy atom. The maximum Gasteiger partial charge on any atom is 0.312 e. The van der Waals surface area contributed by atoms with E-state index in [1.54, 1.807) is 22.0 Å². The number of aliphatic hydroxyl groups is 1. The normalized spacial score (nSPS) is 27.7. The van der Waals surface area contributed by atoms with Crippen molar-refractivity contribution in [2.24, 2.45) is 11.8 Å². The van der Waals surface area contributed by atoms with Gasteiger partial charge < -0.3 is 24.4 Å². The third-order valence-electron chi connectivity index (χ3n) is 9.51. The molecule has 1 aromatic carbocycles. The fourth-order valence-electron chi connectivity index (χ4n) is 7.43. The number of unbranched alkanes of at least 4 members (excludes halogenated alkanes) is 4. The molecule has 0 radical (unpaired) electrons. The summed E-state index contributed by atoms with van der Waals surface area (Å²) in [5, 5.41) is 9.21. The molecule has 3 heterocycles. The molecule has 2 bridgehead atoms. The van der Waals surface area contributed by atoms with Crippen LogP contribution < -0.4 is 4.90 Å². The van der Waals surface area contributed by atoms with Crippen LogP contribution in [0.25, 0.3) is 0 Å². The van der Waals surface area contributed by atoms with Crippen molar-refractivity contribution < 1.29 is 29.0 Å². The van der Waals surface area contributed by atoms with Gasteiger partial charge in [-0.05, 0) is 76.0 Å². The van der Waals surface area contributed by atoms with Crippen molar-refractivity contribution in [3.05, 3.63) is 54.6 Å². The molecule has 1 N–H and O–H groups in total. The SMILES string of the molecule is C=CCCCOC(=O)[C@H]1[C@H]2C(=O)N(CCCCCCO)C(C(=O)N(CC=C)c3cc(C)ccc3C)C23CC[C@]1(CC)O3. The van der Waals surface area contributed by atoms with E-state index >= 15 is 0 Å². The summed E-state index contributed by atoms with van der Waals surface area (Å²) >= 11 is 0. The molecular weight excluding hydrogens is 532 g/mol. The van der Waals surface area contributed by atoms with Crippen molar-refractivity contribution in [1.82, 2.24) is 4.90 Å². The summed E-state index contributed by atoms with van der Waals surface area (Å²) in [5.74, 6) is -2.33. The minimum Gasteiger partial charge on any atom is -0.465 e. The number of carbonyl (C=O) groups excluding carboxylic acids is 3. The van der Waals surface area contributed by atoms with E-state index in [0.717, 1.165) is 36.1 Å². The van der Waals surface area contributed by atoms with Crippen molar-refractivity contribution in [3.63, 3.8) is 0 Å². The highest BCUT2D eigenvalue weighted by Gasteiger charge is 2.79. The van der Waals surface area contributed by atoms with Gasteiger partial charge in [0, 0.05) is 25.4 Å². The Balaban J connectivity index is 1.74. The van der Waals surface area contributed by atoms with Crippen LogP contribution in [-0.4, -0.2) is 71.3 Å². The number of amides is 2. The summed E-state index contributed by atoms with van der Waals surface area (Å²) in [5.41, 5.74) is 0.832. The lowest BCUT2D eigenvalue weighted by Crippen LogP contribution is -2.56. The minimum absolute atomic E-state index is 0.130.